The second-order valence-electron chi connectivity index (χ2n) is 7.32. The van der Waals surface area contributed by atoms with Crippen LogP contribution in [0.2, 0.25) is 0 Å². The van der Waals surface area contributed by atoms with E-state index < -0.39 is 12.1 Å². The van der Waals surface area contributed by atoms with Crippen LogP contribution >= 0.6 is 0 Å². The molecule has 1 aromatic heterocycles. The molecule has 1 aromatic rings. The van der Waals surface area contributed by atoms with Crippen LogP contribution in [0.4, 0.5) is 13.2 Å². The van der Waals surface area contributed by atoms with Gasteiger partial charge >= 0.3 is 6.18 Å². The molecule has 0 spiro atoms. The van der Waals surface area contributed by atoms with Crippen molar-refractivity contribution in [1.29, 1.82) is 0 Å². The second kappa shape index (κ2) is 8.71. The highest BCUT2D eigenvalue weighted by atomic mass is 19.4. The van der Waals surface area contributed by atoms with E-state index in [1.54, 1.807) is 0 Å². The van der Waals surface area contributed by atoms with Crippen molar-refractivity contribution in [3.63, 3.8) is 0 Å². The minimum absolute atomic E-state index is 0.00118. The smallest absolute Gasteiger partial charge is 0.347 e. The van der Waals surface area contributed by atoms with Gasteiger partial charge in [0.15, 0.2) is 5.82 Å². The zero-order valence-electron chi connectivity index (χ0n) is 15.8. The van der Waals surface area contributed by atoms with Crippen LogP contribution in [-0.4, -0.2) is 51.2 Å². The van der Waals surface area contributed by atoms with Gasteiger partial charge in [-0.3, -0.25) is 9.59 Å². The van der Waals surface area contributed by atoms with Crippen LogP contribution in [-0.2, 0) is 22.7 Å². The van der Waals surface area contributed by atoms with Crippen molar-refractivity contribution in [2.24, 2.45) is 5.92 Å². The molecule has 1 aliphatic rings. The lowest BCUT2D eigenvalue weighted by Crippen LogP contribution is -2.38. The van der Waals surface area contributed by atoms with E-state index in [9.17, 15) is 22.8 Å². The first-order chi connectivity index (χ1) is 12.6. The van der Waals surface area contributed by atoms with Crippen LogP contribution in [0.3, 0.4) is 0 Å². The van der Waals surface area contributed by atoms with Gasteiger partial charge in [-0.15, -0.1) is 10.2 Å². The molecule has 0 aliphatic carbocycles. The number of hydrogen-bond donors (Lipinski definition) is 1. The number of rotatable bonds is 7. The van der Waals surface area contributed by atoms with Crippen LogP contribution in [0.5, 0.6) is 0 Å². The predicted molar refractivity (Wildman–Crippen MR) is 91.6 cm³/mol. The van der Waals surface area contributed by atoms with Gasteiger partial charge in [0.2, 0.25) is 11.8 Å². The molecule has 0 bridgehead atoms. The lowest BCUT2D eigenvalue weighted by Gasteiger charge is -2.26. The fraction of sp³-hybridized carbons (Fsp3) is 0.765. The summed E-state index contributed by atoms with van der Waals surface area (Å²) in [6.45, 7) is 4.31. The number of amides is 2. The van der Waals surface area contributed by atoms with E-state index in [1.807, 2.05) is 13.8 Å². The Hall–Kier alpha value is -2.13. The molecule has 1 aliphatic heterocycles. The van der Waals surface area contributed by atoms with Crippen molar-refractivity contribution < 1.29 is 22.8 Å². The third kappa shape index (κ3) is 5.67. The lowest BCUT2D eigenvalue weighted by molar-refractivity contribution is -0.156. The minimum atomic E-state index is -4.36. The Labute approximate surface area is 156 Å². The third-order valence-electron chi connectivity index (χ3n) is 4.63. The SMILES string of the molecule is CC(C)CCC(=O)NCC(=O)N(C)Cc1nnc2n1CCCC2C(F)(F)F. The zero-order chi connectivity index (χ0) is 20.2. The highest BCUT2D eigenvalue weighted by Gasteiger charge is 2.45. The van der Waals surface area contributed by atoms with Gasteiger partial charge in [0.1, 0.15) is 11.7 Å². The average Bonchev–Trinajstić information content (AvgIpc) is 2.99. The molecule has 0 fully saturated rings. The van der Waals surface area contributed by atoms with E-state index in [4.69, 9.17) is 0 Å². The molecule has 1 unspecified atom stereocenters. The lowest BCUT2D eigenvalue weighted by atomic mass is 9.98. The maximum absolute atomic E-state index is 13.1. The monoisotopic (exact) mass is 389 g/mol. The van der Waals surface area contributed by atoms with Crippen molar-refractivity contribution in [1.82, 2.24) is 25.0 Å². The van der Waals surface area contributed by atoms with E-state index in [-0.39, 0.29) is 37.1 Å². The highest BCUT2D eigenvalue weighted by Crippen LogP contribution is 2.40. The second-order valence-corrected chi connectivity index (χ2v) is 7.32. The summed E-state index contributed by atoms with van der Waals surface area (Å²) in [4.78, 5) is 25.2. The van der Waals surface area contributed by atoms with Gasteiger partial charge in [0.25, 0.3) is 0 Å². The standard InChI is InChI=1S/C17H26F3N5O2/c1-11(2)6-7-14(26)21-9-15(27)24(3)10-13-22-23-16-12(17(18,19)20)5-4-8-25(13)16/h11-12H,4-10H2,1-3H3,(H,21,26). The number of aromatic nitrogens is 3. The molecule has 2 heterocycles. The van der Waals surface area contributed by atoms with Gasteiger partial charge in [-0.2, -0.15) is 13.2 Å². The Morgan fingerprint density at radius 2 is 2.04 bits per heavy atom. The molecule has 27 heavy (non-hydrogen) atoms. The van der Waals surface area contributed by atoms with Gasteiger partial charge in [-0.05, 0) is 25.2 Å². The molecule has 2 amide bonds. The van der Waals surface area contributed by atoms with Gasteiger partial charge in [0, 0.05) is 20.0 Å². The molecule has 1 N–H and O–H groups in total. The maximum Gasteiger partial charge on any atom is 0.398 e. The van der Waals surface area contributed by atoms with E-state index in [1.165, 1.54) is 16.5 Å². The summed E-state index contributed by atoms with van der Waals surface area (Å²) in [5.74, 6) is -1.53. The molecule has 152 valence electrons. The number of likely N-dealkylation sites (N-methyl/N-ethyl adjacent to an activating group) is 1. The fourth-order valence-electron chi connectivity index (χ4n) is 2.98. The van der Waals surface area contributed by atoms with Crippen molar-refractivity contribution in [3.05, 3.63) is 11.6 Å². The maximum atomic E-state index is 13.1. The predicted octanol–water partition coefficient (Wildman–Crippen LogP) is 2.23. The molecular formula is C17H26F3N5O2. The van der Waals surface area contributed by atoms with Crippen LogP contribution in [0.1, 0.15) is 57.1 Å². The normalized spacial score (nSPS) is 16.9. The number of carbonyl (C=O) groups excluding carboxylic acids is 2. The Balaban J connectivity index is 1.93. The Morgan fingerprint density at radius 3 is 2.67 bits per heavy atom. The third-order valence-corrected chi connectivity index (χ3v) is 4.63. The van der Waals surface area contributed by atoms with Gasteiger partial charge in [-0.1, -0.05) is 13.8 Å². The molecule has 0 saturated heterocycles. The van der Waals surface area contributed by atoms with Gasteiger partial charge in [0.05, 0.1) is 13.1 Å². The molecule has 7 nitrogen and oxygen atoms in total. The zero-order valence-corrected chi connectivity index (χ0v) is 15.8. The average molecular weight is 389 g/mol. The Kier molecular flexibility index (Phi) is 6.83. The Bertz CT molecular complexity index is 672. The van der Waals surface area contributed by atoms with E-state index in [0.717, 1.165) is 6.42 Å². The van der Waals surface area contributed by atoms with Gasteiger partial charge in [-0.25, -0.2) is 0 Å². The number of halogens is 3. The van der Waals surface area contributed by atoms with Crippen molar-refractivity contribution >= 4 is 11.8 Å². The van der Waals surface area contributed by atoms with Crippen LogP contribution < -0.4 is 5.32 Å². The summed E-state index contributed by atoms with van der Waals surface area (Å²) in [6, 6.07) is 0. The largest absolute Gasteiger partial charge is 0.398 e. The fourth-order valence-corrected chi connectivity index (χ4v) is 2.98. The molecule has 1 atom stereocenters. The molecule has 0 aromatic carbocycles. The summed E-state index contributed by atoms with van der Waals surface area (Å²) < 4.78 is 40.8. The summed E-state index contributed by atoms with van der Waals surface area (Å²) in [7, 11) is 1.52. The van der Waals surface area contributed by atoms with Crippen LogP contribution in [0.25, 0.3) is 0 Å². The first-order valence-corrected chi connectivity index (χ1v) is 9.09. The first-order valence-electron chi connectivity index (χ1n) is 9.09. The van der Waals surface area contributed by atoms with Crippen LogP contribution in [0, 0.1) is 5.92 Å². The van der Waals surface area contributed by atoms with Crippen molar-refractivity contribution in [2.75, 3.05) is 13.6 Å². The molecule has 10 heteroatoms. The number of nitrogens with one attached hydrogen (secondary N) is 1. The topological polar surface area (TPSA) is 80.1 Å². The number of alkyl halides is 3. The van der Waals surface area contributed by atoms with E-state index >= 15 is 0 Å². The van der Waals surface area contributed by atoms with Crippen molar-refractivity contribution in [2.45, 2.75) is 64.7 Å². The molecular weight excluding hydrogens is 363 g/mol. The quantitative estimate of drug-likeness (QED) is 0.776. The highest BCUT2D eigenvalue weighted by molar-refractivity contribution is 5.84. The molecule has 2 rings (SSSR count). The number of fused-ring (bicyclic) bond motifs is 1. The summed E-state index contributed by atoms with van der Waals surface area (Å²) in [6.07, 6.45) is -2.89. The number of carbonyl (C=O) groups is 2. The summed E-state index contributed by atoms with van der Waals surface area (Å²) >= 11 is 0. The number of nitrogens with zero attached hydrogens (tertiary/aromatic N) is 4. The minimum Gasteiger partial charge on any atom is -0.347 e. The first kappa shape index (κ1) is 21.2. The summed E-state index contributed by atoms with van der Waals surface area (Å²) in [5, 5.41) is 10.1. The van der Waals surface area contributed by atoms with Crippen LogP contribution in [0.15, 0.2) is 0 Å². The van der Waals surface area contributed by atoms with E-state index in [2.05, 4.69) is 15.5 Å². The molecule has 0 radical (unpaired) electrons. The molecule has 0 saturated carbocycles. The number of hydrogen-bond acceptors (Lipinski definition) is 4. The summed E-state index contributed by atoms with van der Waals surface area (Å²) in [5.41, 5.74) is 0. The van der Waals surface area contributed by atoms with Crippen molar-refractivity contribution in [3.8, 4) is 0 Å². The van der Waals surface area contributed by atoms with Gasteiger partial charge < -0.3 is 14.8 Å². The Morgan fingerprint density at radius 1 is 1.33 bits per heavy atom. The van der Waals surface area contributed by atoms with E-state index in [0.29, 0.717) is 31.1 Å².